The molecule has 1 aromatic rings. The van der Waals surface area contributed by atoms with E-state index in [9.17, 15) is 9.90 Å². The van der Waals surface area contributed by atoms with Crippen molar-refractivity contribution >= 4 is 11.6 Å². The topological polar surface area (TPSA) is 52.6 Å². The summed E-state index contributed by atoms with van der Waals surface area (Å²) < 4.78 is 0. The third-order valence-corrected chi connectivity index (χ3v) is 3.67. The lowest BCUT2D eigenvalue weighted by Crippen LogP contribution is -2.48. The number of hydrogen-bond donors (Lipinski definition) is 2. The highest BCUT2D eigenvalue weighted by Crippen LogP contribution is 2.38. The molecule has 18 heavy (non-hydrogen) atoms. The molecule has 1 amide bonds. The van der Waals surface area contributed by atoms with Crippen molar-refractivity contribution in [3.63, 3.8) is 0 Å². The zero-order chi connectivity index (χ0) is 12.6. The van der Waals surface area contributed by atoms with Gasteiger partial charge >= 0.3 is 0 Å². The van der Waals surface area contributed by atoms with Crippen LogP contribution in [0.4, 0.5) is 5.69 Å². The van der Waals surface area contributed by atoms with Gasteiger partial charge in [0.25, 0.3) is 0 Å². The minimum atomic E-state index is -0.480. The van der Waals surface area contributed by atoms with E-state index in [1.807, 2.05) is 29.2 Å². The van der Waals surface area contributed by atoms with Crippen molar-refractivity contribution in [3.05, 3.63) is 29.8 Å². The Hall–Kier alpha value is -1.39. The lowest BCUT2D eigenvalue weighted by atomic mass is 10.1. The lowest BCUT2D eigenvalue weighted by molar-refractivity contribution is -0.118. The van der Waals surface area contributed by atoms with Crippen LogP contribution in [-0.2, 0) is 11.2 Å². The van der Waals surface area contributed by atoms with E-state index in [1.54, 1.807) is 0 Å². The van der Waals surface area contributed by atoms with E-state index >= 15 is 0 Å². The van der Waals surface area contributed by atoms with E-state index in [2.05, 4.69) is 5.32 Å². The fourth-order valence-corrected chi connectivity index (χ4v) is 2.41. The highest BCUT2D eigenvalue weighted by Gasteiger charge is 2.40. The van der Waals surface area contributed by atoms with Crippen LogP contribution in [0.15, 0.2) is 24.3 Å². The van der Waals surface area contributed by atoms with Gasteiger partial charge in [-0.2, -0.15) is 0 Å². The molecule has 1 aromatic carbocycles. The molecule has 1 saturated heterocycles. The normalized spacial score (nSPS) is 22.1. The van der Waals surface area contributed by atoms with Gasteiger partial charge in [-0.15, -0.1) is 0 Å². The summed E-state index contributed by atoms with van der Waals surface area (Å²) in [6.45, 7) is 1.96. The van der Waals surface area contributed by atoms with Crippen molar-refractivity contribution in [2.75, 3.05) is 24.5 Å². The summed E-state index contributed by atoms with van der Waals surface area (Å²) in [7, 11) is 0. The maximum atomic E-state index is 11.8. The van der Waals surface area contributed by atoms with Crippen molar-refractivity contribution in [2.45, 2.75) is 24.9 Å². The van der Waals surface area contributed by atoms with Gasteiger partial charge in [0.2, 0.25) is 5.91 Å². The number of anilines is 1. The molecule has 2 N–H and O–H groups in total. The molecule has 4 nitrogen and oxygen atoms in total. The molecule has 0 radical (unpaired) electrons. The number of benzene rings is 1. The van der Waals surface area contributed by atoms with Crippen molar-refractivity contribution in [3.8, 4) is 0 Å². The Bertz CT molecular complexity index is 469. The van der Waals surface area contributed by atoms with Gasteiger partial charge in [0.1, 0.15) is 0 Å². The van der Waals surface area contributed by atoms with Crippen molar-refractivity contribution in [2.24, 2.45) is 0 Å². The molecule has 0 bridgehead atoms. The predicted octanol–water partition coefficient (Wildman–Crippen LogP) is 0.690. The number of rotatable bonds is 3. The number of nitrogens with one attached hydrogen (secondary N) is 1. The quantitative estimate of drug-likeness (QED) is 0.825. The third kappa shape index (κ3) is 2.40. The van der Waals surface area contributed by atoms with E-state index in [-0.39, 0.29) is 5.91 Å². The molecule has 0 unspecified atom stereocenters. The van der Waals surface area contributed by atoms with Crippen LogP contribution in [0.5, 0.6) is 0 Å². The zero-order valence-corrected chi connectivity index (χ0v) is 10.4. The largest absolute Gasteiger partial charge is 0.390 e. The summed E-state index contributed by atoms with van der Waals surface area (Å²) in [6, 6.07) is 7.97. The number of carbonyl (C=O) groups excluding carboxylic acids is 1. The summed E-state index contributed by atoms with van der Waals surface area (Å²) in [6.07, 6.45) is 2.48. The van der Waals surface area contributed by atoms with Gasteiger partial charge in [0, 0.05) is 25.2 Å². The standard InChI is InChI=1S/C14H18N2O2/c17-13-10-15-6-7-16(13)12-3-1-2-11(8-12)9-14(18)4-5-14/h1-3,8,15,18H,4-7,9-10H2. The molecule has 1 aliphatic heterocycles. The monoisotopic (exact) mass is 246 g/mol. The minimum absolute atomic E-state index is 0.114. The van der Waals surface area contributed by atoms with Gasteiger partial charge in [-0.25, -0.2) is 0 Å². The number of amides is 1. The van der Waals surface area contributed by atoms with Gasteiger partial charge < -0.3 is 15.3 Å². The van der Waals surface area contributed by atoms with Crippen LogP contribution in [0.25, 0.3) is 0 Å². The number of piperazine rings is 1. The van der Waals surface area contributed by atoms with E-state index in [0.717, 1.165) is 30.6 Å². The van der Waals surface area contributed by atoms with E-state index in [1.165, 1.54) is 0 Å². The molecular formula is C14H18N2O2. The van der Waals surface area contributed by atoms with Gasteiger partial charge in [-0.1, -0.05) is 12.1 Å². The van der Waals surface area contributed by atoms with Crippen LogP contribution in [0.1, 0.15) is 18.4 Å². The first-order valence-corrected chi connectivity index (χ1v) is 6.49. The first-order chi connectivity index (χ1) is 8.66. The second kappa shape index (κ2) is 4.37. The van der Waals surface area contributed by atoms with E-state index < -0.39 is 5.60 Å². The number of hydrogen-bond acceptors (Lipinski definition) is 3. The Morgan fingerprint density at radius 3 is 2.94 bits per heavy atom. The van der Waals surface area contributed by atoms with E-state index in [0.29, 0.717) is 19.5 Å². The summed E-state index contributed by atoms with van der Waals surface area (Å²) >= 11 is 0. The highest BCUT2D eigenvalue weighted by molar-refractivity contribution is 5.95. The van der Waals surface area contributed by atoms with E-state index in [4.69, 9.17) is 0 Å². The Balaban J connectivity index is 1.79. The van der Waals surface area contributed by atoms with Gasteiger partial charge in [-0.05, 0) is 30.5 Å². The van der Waals surface area contributed by atoms with Crippen molar-refractivity contribution in [1.82, 2.24) is 5.32 Å². The molecule has 0 spiro atoms. The minimum Gasteiger partial charge on any atom is -0.390 e. The van der Waals surface area contributed by atoms with Crippen LogP contribution < -0.4 is 10.2 Å². The Labute approximate surface area is 107 Å². The SMILES string of the molecule is O=C1CNCCN1c1cccc(CC2(O)CC2)c1. The predicted molar refractivity (Wildman–Crippen MR) is 69.6 cm³/mol. The second-order valence-corrected chi connectivity index (χ2v) is 5.29. The molecule has 4 heteroatoms. The summed E-state index contributed by atoms with van der Waals surface area (Å²) in [5.41, 5.74) is 1.58. The first kappa shape index (κ1) is 11.7. The molecule has 1 heterocycles. The fraction of sp³-hybridized carbons (Fsp3) is 0.500. The Morgan fingerprint density at radius 1 is 1.39 bits per heavy atom. The Morgan fingerprint density at radius 2 is 2.22 bits per heavy atom. The van der Waals surface area contributed by atoms with Crippen LogP contribution >= 0.6 is 0 Å². The molecule has 2 fully saturated rings. The average Bonchev–Trinajstić information content (AvgIpc) is 3.07. The van der Waals surface area contributed by atoms with Crippen LogP contribution in [-0.4, -0.2) is 36.2 Å². The Kier molecular flexibility index (Phi) is 2.84. The molecule has 0 aromatic heterocycles. The third-order valence-electron chi connectivity index (χ3n) is 3.67. The first-order valence-electron chi connectivity index (χ1n) is 6.49. The van der Waals surface area contributed by atoms with Crippen LogP contribution in [0.3, 0.4) is 0 Å². The number of carbonyl (C=O) groups is 1. The van der Waals surface area contributed by atoms with Crippen molar-refractivity contribution in [1.29, 1.82) is 0 Å². The van der Waals surface area contributed by atoms with Gasteiger partial charge in [0.15, 0.2) is 0 Å². The molecule has 1 saturated carbocycles. The van der Waals surface area contributed by atoms with Gasteiger partial charge in [-0.3, -0.25) is 4.79 Å². The molecule has 96 valence electrons. The summed E-state index contributed by atoms with van der Waals surface area (Å²) in [4.78, 5) is 13.6. The van der Waals surface area contributed by atoms with Crippen LogP contribution in [0.2, 0.25) is 0 Å². The van der Waals surface area contributed by atoms with Crippen LogP contribution in [0, 0.1) is 0 Å². The van der Waals surface area contributed by atoms with Gasteiger partial charge in [0.05, 0.1) is 12.1 Å². The second-order valence-electron chi connectivity index (χ2n) is 5.29. The summed E-state index contributed by atoms with van der Waals surface area (Å²) in [5, 5.41) is 13.0. The smallest absolute Gasteiger partial charge is 0.240 e. The van der Waals surface area contributed by atoms with Crippen molar-refractivity contribution < 1.29 is 9.90 Å². The number of nitrogens with zero attached hydrogens (tertiary/aromatic N) is 1. The maximum Gasteiger partial charge on any atom is 0.240 e. The highest BCUT2D eigenvalue weighted by atomic mass is 16.3. The molecule has 1 aliphatic carbocycles. The molecule has 2 aliphatic rings. The summed E-state index contributed by atoms with van der Waals surface area (Å²) in [5.74, 6) is 0.114. The molecular weight excluding hydrogens is 228 g/mol. The zero-order valence-electron chi connectivity index (χ0n) is 10.4. The average molecular weight is 246 g/mol. The maximum absolute atomic E-state index is 11.8. The fourth-order valence-electron chi connectivity index (χ4n) is 2.41. The molecule has 3 rings (SSSR count). The number of aliphatic hydroxyl groups is 1. The lowest BCUT2D eigenvalue weighted by Gasteiger charge is -2.27. The molecule has 0 atom stereocenters.